The van der Waals surface area contributed by atoms with E-state index in [2.05, 4.69) is 0 Å². The Bertz CT molecular complexity index is 128. The Morgan fingerprint density at radius 3 is 0.350 bits per heavy atom. The van der Waals surface area contributed by atoms with Crippen molar-refractivity contribution in [3.63, 3.8) is 0 Å². The summed E-state index contributed by atoms with van der Waals surface area (Å²) in [5, 5.41) is -10.0. The first-order chi connectivity index (χ1) is 8.00. The fourth-order valence-corrected chi connectivity index (χ4v) is 0. The molecule has 0 spiro atoms. The van der Waals surface area contributed by atoms with Gasteiger partial charge in [0.2, 0.25) is 0 Å². The Hall–Kier alpha value is -1.07. The molecule has 0 saturated heterocycles. The maximum Gasteiger partial charge on any atom is 0.673 e. The maximum absolute atomic E-state index is 9.75. The largest absolute Gasteiger partial charge is 0.673 e. The molecule has 0 rings (SSSR count). The van der Waals surface area contributed by atoms with E-state index < -0.39 is 25.3 Å². The lowest BCUT2D eigenvalue weighted by molar-refractivity contribution is -1.36. The van der Waals surface area contributed by atoms with Crippen molar-refractivity contribution in [2.75, 3.05) is 0 Å². The third kappa shape index (κ3) is 3750. The summed E-state index contributed by atoms with van der Waals surface area (Å²) in [5.41, 5.74) is 0. The molecule has 20 heteroatoms. The molecule has 0 aromatic rings. The van der Waals surface area contributed by atoms with Crippen molar-refractivity contribution >= 4 is 14.5 Å². The van der Waals surface area contributed by atoms with Crippen molar-refractivity contribution in [1.29, 1.82) is 0 Å². The number of rotatable bonds is 0. The number of quaternary nitrogens is 2. The molecule has 0 amide bonds. The fourth-order valence-electron chi connectivity index (χ4n) is 0. The zero-order valence-corrected chi connectivity index (χ0v) is 8.10. The highest BCUT2D eigenvalue weighted by Gasteiger charge is 2.30. The van der Waals surface area contributed by atoms with Crippen molar-refractivity contribution in [1.82, 2.24) is 0 Å². The van der Waals surface area contributed by atoms with Gasteiger partial charge in [0.25, 0.3) is 0 Å². The Morgan fingerprint density at radius 1 is 0.350 bits per heavy atom. The lowest BCUT2D eigenvalue weighted by atomic mass is 10.3. The predicted octanol–water partition coefficient (Wildman–Crippen LogP) is 5.28. The van der Waals surface area contributed by atoms with Crippen molar-refractivity contribution < 1.29 is 81.1 Å². The number of nitrogens with zero attached hydrogens (tertiary/aromatic N) is 2. The molecular weight excluding hydrogens is 354 g/mol. The predicted molar refractivity (Wildman–Crippen MR) is 29.8 cm³/mol. The van der Waals surface area contributed by atoms with Crippen LogP contribution in [0.15, 0.2) is 0 Å². The third-order valence-electron chi connectivity index (χ3n) is 0. The molecule has 0 unspecified atom stereocenters. The van der Waals surface area contributed by atoms with E-state index in [1.165, 1.54) is 0 Å². The zero-order chi connectivity index (χ0) is 18.0. The minimum atomic E-state index is -6.00. The molecule has 128 valence electrons. The fraction of sp³-hybridized carbons (Fsp3) is 0. The van der Waals surface area contributed by atoms with Crippen LogP contribution in [-0.4, -0.2) is 25.3 Å². The van der Waals surface area contributed by atoms with E-state index in [4.69, 9.17) is 0 Å². The average Bonchev–Trinajstić information content (AvgIpc) is 1.62. The smallest absolute Gasteiger partial charge is 0.418 e. The van der Waals surface area contributed by atoms with Crippen LogP contribution < -0.4 is 0 Å². The highest BCUT2D eigenvalue weighted by molar-refractivity contribution is 6.50. The van der Waals surface area contributed by atoms with Gasteiger partial charge in [-0.05, 0) is 0 Å². The first-order valence-electron chi connectivity index (χ1n) is 3.10. The molecule has 20 heavy (non-hydrogen) atoms. The van der Waals surface area contributed by atoms with Gasteiger partial charge in [0, 0.05) is 0 Å². The van der Waals surface area contributed by atoms with Crippen LogP contribution in [0.4, 0.5) is 70.4 Å². The molecule has 0 aliphatic heterocycles. The van der Waals surface area contributed by atoms with Crippen molar-refractivity contribution in [2.24, 2.45) is 0 Å². The molecule has 0 radical (unpaired) electrons. The summed E-state index contributed by atoms with van der Waals surface area (Å²) < 4.78 is 155. The summed E-state index contributed by atoms with van der Waals surface area (Å²) in [7, 11) is -12.0. The molecule has 0 aromatic carbocycles. The van der Waals surface area contributed by atoms with Gasteiger partial charge in [0.05, 0.1) is 0 Å². The monoisotopic (exact) mass is 354 g/mol. The van der Waals surface area contributed by atoms with Gasteiger partial charge in [-0.25, -0.2) is 0 Å². The summed E-state index contributed by atoms with van der Waals surface area (Å²) in [6.45, 7) is 0. The number of hydrogen-bond acceptors (Lipinski definition) is 0. The summed E-state index contributed by atoms with van der Waals surface area (Å²) in [5.74, 6) is 0. The first kappa shape index (κ1) is 27.3. The van der Waals surface area contributed by atoms with Crippen LogP contribution in [0.25, 0.3) is 0 Å². The van der Waals surface area contributed by atoms with E-state index >= 15 is 0 Å². The minimum absolute atomic E-state index is 5.00. The van der Waals surface area contributed by atoms with E-state index in [-0.39, 0.29) is 0 Å². The van der Waals surface area contributed by atoms with E-state index in [1.54, 1.807) is 0 Å². The zero-order valence-electron chi connectivity index (χ0n) is 8.10. The second-order valence-corrected chi connectivity index (χ2v) is 1.76. The number of halogens is 16. The highest BCUT2D eigenvalue weighted by atomic mass is 19.7. The van der Waals surface area contributed by atoms with Gasteiger partial charge >= 0.3 is 25.3 Å². The van der Waals surface area contributed by atoms with Gasteiger partial charge in [-0.1, -0.05) is 0 Å². The Labute approximate surface area is 97.2 Å². The van der Waals surface area contributed by atoms with E-state index in [9.17, 15) is 70.4 Å². The van der Waals surface area contributed by atoms with E-state index in [0.29, 0.717) is 0 Å². The van der Waals surface area contributed by atoms with Gasteiger partial charge in [0.1, 0.15) is 35.9 Å². The topological polar surface area (TPSA) is 0 Å². The minimum Gasteiger partial charge on any atom is -0.418 e. The van der Waals surface area contributed by atoms with Gasteiger partial charge in [-0.3, -0.25) is 0 Å². The normalized spacial score (nSPS) is 12.0. The second-order valence-electron chi connectivity index (χ2n) is 1.76. The van der Waals surface area contributed by atoms with Crippen LogP contribution in [0.3, 0.4) is 0 Å². The average molecular weight is 354 g/mol. The van der Waals surface area contributed by atoms with Crippen LogP contribution in [-0.2, 0) is 0 Å². The van der Waals surface area contributed by atoms with Crippen LogP contribution in [0.2, 0.25) is 0 Å². The summed E-state index contributed by atoms with van der Waals surface area (Å²) >= 11 is 0. The Kier molecular flexibility index (Phi) is 13.3. The van der Waals surface area contributed by atoms with E-state index in [0.717, 1.165) is 0 Å². The van der Waals surface area contributed by atoms with Crippen LogP contribution >= 0.6 is 0 Å². The van der Waals surface area contributed by atoms with Crippen molar-refractivity contribution in [3.05, 3.63) is 0 Å². The lowest BCUT2D eigenvalue weighted by Crippen LogP contribution is -2.02. The molecular formula is B2F16N2. The van der Waals surface area contributed by atoms with E-state index in [1.807, 2.05) is 0 Å². The molecule has 0 aliphatic carbocycles. The summed E-state index contributed by atoms with van der Waals surface area (Å²) in [6, 6.07) is 0. The molecule has 0 bridgehead atoms. The molecule has 0 N–H and O–H groups in total. The second kappa shape index (κ2) is 9.77. The van der Waals surface area contributed by atoms with Gasteiger partial charge in [-0.2, -0.15) is 0 Å². The summed E-state index contributed by atoms with van der Waals surface area (Å²) in [4.78, 5) is 0. The molecule has 0 aromatic heterocycles. The first-order valence-corrected chi connectivity index (χ1v) is 3.10. The van der Waals surface area contributed by atoms with Gasteiger partial charge in [-0.15, -0.1) is 0 Å². The maximum atomic E-state index is 9.75. The molecule has 0 atom stereocenters. The Balaban J connectivity index is -0.0000000853. The molecule has 0 heterocycles. The van der Waals surface area contributed by atoms with Crippen molar-refractivity contribution in [2.45, 2.75) is 0 Å². The quantitative estimate of drug-likeness (QED) is 0.316. The SMILES string of the molecule is F[B-](F)(F)F.F[B-](F)(F)F.F[N+](F)(F)F.F[N+](F)(F)F. The number of hydrogen-bond donors (Lipinski definition) is 0. The highest BCUT2D eigenvalue weighted by Crippen LogP contribution is 2.09. The summed E-state index contributed by atoms with van der Waals surface area (Å²) in [6.07, 6.45) is 0. The molecule has 0 saturated carbocycles. The van der Waals surface area contributed by atoms with Crippen molar-refractivity contribution in [3.8, 4) is 0 Å². The third-order valence-corrected chi connectivity index (χ3v) is 0. The standard InChI is InChI=1S/2BF4.2F4N/c2*2-1(3,4)5;2*1-5(2,3)4/q2*-1;2*+1. The van der Waals surface area contributed by atoms with Gasteiger partial charge < -0.3 is 34.5 Å². The molecule has 2 nitrogen and oxygen atoms in total. The van der Waals surface area contributed by atoms with Crippen LogP contribution in [0.5, 0.6) is 0 Å². The van der Waals surface area contributed by atoms with Gasteiger partial charge in [0.15, 0.2) is 0 Å². The van der Waals surface area contributed by atoms with Crippen LogP contribution in [0.1, 0.15) is 0 Å². The lowest BCUT2D eigenvalue weighted by Gasteiger charge is -1.94. The molecule has 0 fully saturated rings. The van der Waals surface area contributed by atoms with Crippen LogP contribution in [0, 0.1) is 0 Å². The molecule has 0 aliphatic rings. The Morgan fingerprint density at radius 2 is 0.350 bits per heavy atom.